The first-order chi connectivity index (χ1) is 6.70. The molecule has 1 aromatic carbocycles. The molecule has 0 aliphatic heterocycles. The van der Waals surface area contributed by atoms with Crippen LogP contribution in [-0.2, 0) is 0 Å². The molecule has 2 N–H and O–H groups in total. The molecule has 1 rings (SSSR count). The Bertz CT molecular complexity index is 267. The minimum absolute atomic E-state index is 0. The first kappa shape index (κ1) is 20.4. The molecule has 1 aromatic rings. The molecule has 0 bridgehead atoms. The average Bonchev–Trinajstić information content (AvgIpc) is 2.24. The molecule has 0 unspecified atom stereocenters. The zero-order valence-corrected chi connectivity index (χ0v) is 10.9. The van der Waals surface area contributed by atoms with Crippen LogP contribution in [0.4, 0.5) is 0 Å². The van der Waals surface area contributed by atoms with Crippen molar-refractivity contribution in [3.05, 3.63) is 35.4 Å². The molecule has 0 aliphatic rings. The van der Waals surface area contributed by atoms with Crippen LogP contribution >= 0.6 is 0 Å². The average molecular weight is 237 g/mol. The monoisotopic (exact) mass is 237 g/mol. The van der Waals surface area contributed by atoms with Gasteiger partial charge >= 0.3 is 0 Å². The Hall–Kier alpha value is -0.0503. The van der Waals surface area contributed by atoms with Gasteiger partial charge in [-0.3, -0.25) is 4.79 Å². The van der Waals surface area contributed by atoms with Crippen LogP contribution in [0.25, 0.3) is 0 Å². The van der Waals surface area contributed by atoms with E-state index in [1.165, 1.54) is 0 Å². The molecule has 0 heterocycles. The van der Waals surface area contributed by atoms with Crippen molar-refractivity contribution in [2.45, 2.75) is 34.6 Å². The number of rotatable bonds is 1. The van der Waals surface area contributed by atoms with Crippen molar-refractivity contribution < 1.29 is 44.0 Å². The van der Waals surface area contributed by atoms with Gasteiger partial charge in [-0.1, -0.05) is 45.4 Å². The van der Waals surface area contributed by atoms with Gasteiger partial charge in [0.1, 0.15) is 0 Å². The van der Waals surface area contributed by atoms with Gasteiger partial charge in [-0.2, -0.15) is 0 Å². The number of carbonyl (C=O) groups excluding carboxylic acids is 1. The molecule has 0 aromatic heterocycles. The second kappa shape index (κ2) is 13.9. The van der Waals surface area contributed by atoms with E-state index in [4.69, 9.17) is 5.73 Å². The normalized spacial score (nSPS) is 7.00. The van der Waals surface area contributed by atoms with Gasteiger partial charge in [-0.25, -0.2) is 0 Å². The quantitative estimate of drug-likeness (QED) is 0.799. The number of hydrogen-bond acceptors (Lipinski definition) is 1. The molecule has 0 spiro atoms. The Labute approximate surface area is 125 Å². The van der Waals surface area contributed by atoms with E-state index in [-0.39, 0.29) is 45.1 Å². The van der Waals surface area contributed by atoms with Gasteiger partial charge in [0.25, 0.3) is 0 Å². The maximum absolute atomic E-state index is 10.6. The fraction of sp³-hybridized carbons (Fsp3) is 0.417. The van der Waals surface area contributed by atoms with Crippen LogP contribution in [0.15, 0.2) is 24.3 Å². The van der Waals surface area contributed by atoms with Crippen LogP contribution in [-0.4, -0.2) is 5.91 Å². The number of amides is 1. The van der Waals surface area contributed by atoms with Crippen molar-refractivity contribution >= 4 is 5.91 Å². The summed E-state index contributed by atoms with van der Waals surface area (Å²) < 4.78 is 0. The molecule has 0 aliphatic carbocycles. The summed E-state index contributed by atoms with van der Waals surface area (Å²) in [7, 11) is 0. The van der Waals surface area contributed by atoms with Crippen LogP contribution in [0.5, 0.6) is 0 Å². The summed E-state index contributed by atoms with van der Waals surface area (Å²) in [5.41, 5.74) is 6.67. The fourth-order valence-corrected chi connectivity index (χ4v) is 0.798. The molecule has 0 saturated heterocycles. The standard InChI is InChI=1S/C8H9NO.2C2H6.Ar.H2/c1-6-3-2-4-7(5-6)8(9)10;2*1-2;;/h2-5H,1H3,(H2,9,10);2*1-2H3;;1H. The molecular weight excluding hydrogens is 214 g/mol. The third-order valence-corrected chi connectivity index (χ3v) is 1.30. The van der Waals surface area contributed by atoms with Crippen molar-refractivity contribution in [1.29, 1.82) is 0 Å². The minimum atomic E-state index is -0.372. The van der Waals surface area contributed by atoms with Gasteiger partial charge < -0.3 is 5.73 Å². The zero-order chi connectivity index (χ0) is 11.6. The van der Waals surface area contributed by atoms with Crippen molar-refractivity contribution in [2.75, 3.05) is 0 Å². The smallest absolute Gasteiger partial charge is 0.248 e. The molecule has 3 heteroatoms. The van der Waals surface area contributed by atoms with Crippen molar-refractivity contribution in [3.63, 3.8) is 0 Å². The Balaban J connectivity index is -0.000000109. The number of carbonyl (C=O) groups is 1. The predicted molar refractivity (Wildman–Crippen MR) is 64.5 cm³/mol. The van der Waals surface area contributed by atoms with E-state index in [1.54, 1.807) is 12.1 Å². The van der Waals surface area contributed by atoms with E-state index in [0.29, 0.717) is 5.56 Å². The molecule has 15 heavy (non-hydrogen) atoms. The number of nitrogens with two attached hydrogens (primary N) is 1. The van der Waals surface area contributed by atoms with E-state index >= 15 is 0 Å². The summed E-state index contributed by atoms with van der Waals surface area (Å²) >= 11 is 0. The van der Waals surface area contributed by atoms with Gasteiger partial charge in [0.05, 0.1) is 0 Å². The summed E-state index contributed by atoms with van der Waals surface area (Å²) in [6.07, 6.45) is 0. The Kier molecular flexibility index (Phi) is 18.9. The summed E-state index contributed by atoms with van der Waals surface area (Å²) in [6.45, 7) is 9.92. The largest absolute Gasteiger partial charge is 0.366 e. The zero-order valence-electron chi connectivity index (χ0n) is 10.1. The van der Waals surface area contributed by atoms with Crippen molar-refractivity contribution in [2.24, 2.45) is 5.73 Å². The Morgan fingerprint density at radius 3 is 1.93 bits per heavy atom. The molecule has 90 valence electrons. The van der Waals surface area contributed by atoms with E-state index in [2.05, 4.69) is 0 Å². The van der Waals surface area contributed by atoms with Crippen LogP contribution in [0.3, 0.4) is 0 Å². The molecule has 0 fully saturated rings. The summed E-state index contributed by atoms with van der Waals surface area (Å²) in [6, 6.07) is 7.21. The molecule has 0 radical (unpaired) electrons. The second-order valence-corrected chi connectivity index (χ2v) is 2.23. The van der Waals surface area contributed by atoms with E-state index in [9.17, 15) is 4.79 Å². The van der Waals surface area contributed by atoms with Gasteiger partial charge in [-0.15, -0.1) is 0 Å². The number of primary amides is 1. The van der Waals surface area contributed by atoms with Gasteiger partial charge in [0.2, 0.25) is 5.91 Å². The van der Waals surface area contributed by atoms with Gasteiger partial charge in [0, 0.05) is 44.7 Å². The second-order valence-electron chi connectivity index (χ2n) is 2.23. The minimum Gasteiger partial charge on any atom is -0.366 e. The van der Waals surface area contributed by atoms with E-state index in [1.807, 2.05) is 46.8 Å². The van der Waals surface area contributed by atoms with Gasteiger partial charge in [-0.05, 0) is 19.1 Å². The van der Waals surface area contributed by atoms with Crippen LogP contribution in [0.2, 0.25) is 0 Å². The van der Waals surface area contributed by atoms with Crippen molar-refractivity contribution in [3.8, 4) is 0 Å². The predicted octanol–water partition coefficient (Wildman–Crippen LogP) is 3.39. The molecule has 0 saturated carbocycles. The Morgan fingerprint density at radius 2 is 1.67 bits per heavy atom. The van der Waals surface area contributed by atoms with Gasteiger partial charge in [0.15, 0.2) is 0 Å². The van der Waals surface area contributed by atoms with Crippen LogP contribution < -0.4 is 5.73 Å². The molecule has 1 amide bonds. The number of aryl methyl sites for hydroxylation is 1. The SMILES string of the molecule is CC.CC.Cc1cccc(C(N)=O)c1.[Ar].[HH]. The summed E-state index contributed by atoms with van der Waals surface area (Å²) in [4.78, 5) is 10.6. The Morgan fingerprint density at radius 1 is 1.20 bits per heavy atom. The first-order valence-corrected chi connectivity index (χ1v) is 5.06. The van der Waals surface area contributed by atoms with Crippen LogP contribution in [0.1, 0.15) is 45.0 Å². The maximum Gasteiger partial charge on any atom is 0.248 e. The molecule has 0 atom stereocenters. The van der Waals surface area contributed by atoms with E-state index < -0.39 is 0 Å². The third kappa shape index (κ3) is 10.2. The van der Waals surface area contributed by atoms with Crippen molar-refractivity contribution in [1.82, 2.24) is 0 Å². The summed E-state index contributed by atoms with van der Waals surface area (Å²) in [5, 5.41) is 0. The molecule has 2 nitrogen and oxygen atoms in total. The molecular formula is C12H23ArNO. The topological polar surface area (TPSA) is 43.1 Å². The maximum atomic E-state index is 10.6. The number of hydrogen-bond donors (Lipinski definition) is 1. The summed E-state index contributed by atoms with van der Waals surface area (Å²) in [5.74, 6) is -0.372. The first-order valence-electron chi connectivity index (χ1n) is 5.06. The fourth-order valence-electron chi connectivity index (χ4n) is 0.798. The number of benzene rings is 1. The third-order valence-electron chi connectivity index (χ3n) is 1.30. The van der Waals surface area contributed by atoms with Crippen LogP contribution in [0, 0.1) is 44.7 Å². The van der Waals surface area contributed by atoms with E-state index in [0.717, 1.165) is 5.56 Å².